The molecule has 0 saturated carbocycles. The zero-order valence-electron chi connectivity index (χ0n) is 17.6. The molecule has 1 fully saturated rings. The zero-order chi connectivity index (χ0) is 21.2. The standard InChI is InChI=1S/C24H25ClN6/c1-17-11-19(27-21(25)12-17)15-22-28-20(16-24(29-22)30-7-3-2-4-8-30)13-18-5-9-31-10-6-26-23(31)14-18/h5-6,9-12,14,16H,2-4,7-8,13,15H2,1H3. The van der Waals surface area contributed by atoms with Crippen LogP contribution >= 0.6 is 11.6 Å². The fraction of sp³-hybridized carbons (Fsp3) is 0.333. The normalized spacial score (nSPS) is 14.3. The van der Waals surface area contributed by atoms with Crippen LogP contribution in [-0.4, -0.2) is 37.4 Å². The van der Waals surface area contributed by atoms with Crippen molar-refractivity contribution >= 4 is 23.1 Å². The maximum atomic E-state index is 6.18. The predicted octanol–water partition coefficient (Wildman–Crippen LogP) is 4.65. The van der Waals surface area contributed by atoms with Gasteiger partial charge >= 0.3 is 0 Å². The van der Waals surface area contributed by atoms with Crippen molar-refractivity contribution in [3.8, 4) is 0 Å². The van der Waals surface area contributed by atoms with Gasteiger partial charge in [-0.1, -0.05) is 11.6 Å². The number of halogens is 1. The van der Waals surface area contributed by atoms with Crippen LogP contribution in [0.2, 0.25) is 5.15 Å². The molecule has 31 heavy (non-hydrogen) atoms. The van der Waals surface area contributed by atoms with Gasteiger partial charge in [-0.25, -0.2) is 19.9 Å². The Morgan fingerprint density at radius 2 is 1.74 bits per heavy atom. The second kappa shape index (κ2) is 8.63. The lowest BCUT2D eigenvalue weighted by Crippen LogP contribution is -2.30. The molecule has 1 aliphatic heterocycles. The van der Waals surface area contributed by atoms with Crippen molar-refractivity contribution in [2.45, 2.75) is 39.0 Å². The quantitative estimate of drug-likeness (QED) is 0.429. The number of imidazole rings is 1. The summed E-state index contributed by atoms with van der Waals surface area (Å²) in [6.45, 7) is 4.12. The molecular weight excluding hydrogens is 408 g/mol. The minimum absolute atomic E-state index is 0.510. The summed E-state index contributed by atoms with van der Waals surface area (Å²) >= 11 is 6.18. The van der Waals surface area contributed by atoms with Gasteiger partial charge in [0, 0.05) is 49.9 Å². The van der Waals surface area contributed by atoms with Crippen LogP contribution in [0.15, 0.2) is 48.9 Å². The molecule has 0 radical (unpaired) electrons. The highest BCUT2D eigenvalue weighted by Gasteiger charge is 2.16. The maximum Gasteiger partial charge on any atom is 0.136 e. The van der Waals surface area contributed by atoms with Gasteiger partial charge in [0.05, 0.1) is 12.1 Å². The Balaban J connectivity index is 1.48. The summed E-state index contributed by atoms with van der Waals surface area (Å²) in [5.74, 6) is 1.80. The summed E-state index contributed by atoms with van der Waals surface area (Å²) in [4.78, 5) is 21.1. The molecule has 4 aromatic heterocycles. The summed E-state index contributed by atoms with van der Waals surface area (Å²) < 4.78 is 2.02. The molecule has 0 aliphatic carbocycles. The number of aryl methyl sites for hydroxylation is 1. The number of anilines is 1. The van der Waals surface area contributed by atoms with Crippen LogP contribution in [0.25, 0.3) is 5.65 Å². The molecule has 0 unspecified atom stereocenters. The van der Waals surface area contributed by atoms with Gasteiger partial charge in [0.25, 0.3) is 0 Å². The van der Waals surface area contributed by atoms with Crippen molar-refractivity contribution in [3.05, 3.63) is 82.4 Å². The van der Waals surface area contributed by atoms with Crippen molar-refractivity contribution in [2.75, 3.05) is 18.0 Å². The van der Waals surface area contributed by atoms with E-state index in [1.807, 2.05) is 36.0 Å². The van der Waals surface area contributed by atoms with Crippen molar-refractivity contribution in [1.82, 2.24) is 24.3 Å². The number of aromatic nitrogens is 5. The molecule has 0 amide bonds. The minimum Gasteiger partial charge on any atom is -0.357 e. The minimum atomic E-state index is 0.510. The second-order valence-corrected chi connectivity index (χ2v) is 8.61. The third-order valence-corrected chi connectivity index (χ3v) is 5.86. The Morgan fingerprint density at radius 3 is 2.58 bits per heavy atom. The van der Waals surface area contributed by atoms with Crippen LogP contribution in [0.3, 0.4) is 0 Å². The molecule has 7 heteroatoms. The molecule has 1 aliphatic rings. The Labute approximate surface area is 187 Å². The van der Waals surface area contributed by atoms with E-state index < -0.39 is 0 Å². The second-order valence-electron chi connectivity index (χ2n) is 8.22. The average molecular weight is 433 g/mol. The third kappa shape index (κ3) is 4.69. The first kappa shape index (κ1) is 19.9. The van der Waals surface area contributed by atoms with Crippen molar-refractivity contribution in [3.63, 3.8) is 0 Å². The smallest absolute Gasteiger partial charge is 0.136 e. The van der Waals surface area contributed by atoms with Crippen molar-refractivity contribution in [1.29, 1.82) is 0 Å². The first-order valence-electron chi connectivity index (χ1n) is 10.8. The van der Waals surface area contributed by atoms with Gasteiger partial charge in [0.1, 0.15) is 22.4 Å². The zero-order valence-corrected chi connectivity index (χ0v) is 18.4. The number of hydrogen-bond acceptors (Lipinski definition) is 5. The van der Waals surface area contributed by atoms with Gasteiger partial charge in [-0.2, -0.15) is 0 Å². The van der Waals surface area contributed by atoms with Gasteiger partial charge < -0.3 is 9.30 Å². The molecule has 0 aromatic carbocycles. The van der Waals surface area contributed by atoms with Gasteiger partial charge in [-0.3, -0.25) is 0 Å². The number of hydrogen-bond donors (Lipinski definition) is 0. The highest BCUT2D eigenvalue weighted by Crippen LogP contribution is 2.22. The summed E-state index contributed by atoms with van der Waals surface area (Å²) in [5, 5.41) is 0.510. The van der Waals surface area contributed by atoms with Crippen LogP contribution < -0.4 is 4.90 Å². The SMILES string of the molecule is Cc1cc(Cl)nc(Cc2nc(Cc3ccn4ccnc4c3)cc(N3CCCCC3)n2)c1. The van der Waals surface area contributed by atoms with Crippen LogP contribution in [0.5, 0.6) is 0 Å². The van der Waals surface area contributed by atoms with Gasteiger partial charge in [0.15, 0.2) is 0 Å². The average Bonchev–Trinajstić information content (AvgIpc) is 3.21. The van der Waals surface area contributed by atoms with Crippen LogP contribution in [0, 0.1) is 6.92 Å². The lowest BCUT2D eigenvalue weighted by molar-refractivity contribution is 0.571. The van der Waals surface area contributed by atoms with E-state index in [2.05, 4.69) is 39.1 Å². The van der Waals surface area contributed by atoms with E-state index in [0.29, 0.717) is 11.6 Å². The first-order valence-corrected chi connectivity index (χ1v) is 11.2. The van der Waals surface area contributed by atoms with Crippen LogP contribution in [0.4, 0.5) is 5.82 Å². The van der Waals surface area contributed by atoms with Crippen LogP contribution in [0.1, 0.15) is 47.6 Å². The maximum absolute atomic E-state index is 6.18. The van der Waals surface area contributed by atoms with Gasteiger partial charge in [-0.05, 0) is 61.6 Å². The topological polar surface area (TPSA) is 59.2 Å². The third-order valence-electron chi connectivity index (χ3n) is 5.67. The molecule has 0 spiro atoms. The van der Waals surface area contributed by atoms with E-state index in [1.165, 1.54) is 24.8 Å². The Kier molecular flexibility index (Phi) is 5.55. The molecule has 5 rings (SSSR count). The lowest BCUT2D eigenvalue weighted by Gasteiger charge is -2.28. The Bertz CT molecular complexity index is 1190. The molecular formula is C24H25ClN6. The van der Waals surface area contributed by atoms with Crippen LogP contribution in [-0.2, 0) is 12.8 Å². The molecule has 6 nitrogen and oxygen atoms in total. The summed E-state index contributed by atoms with van der Waals surface area (Å²) in [7, 11) is 0. The van der Waals surface area contributed by atoms with Gasteiger partial charge in [0.2, 0.25) is 0 Å². The molecule has 4 aromatic rings. The predicted molar refractivity (Wildman–Crippen MR) is 123 cm³/mol. The summed E-state index contributed by atoms with van der Waals surface area (Å²) in [5.41, 5.74) is 5.13. The Hall–Kier alpha value is -2.99. The number of rotatable bonds is 5. The molecule has 0 N–H and O–H groups in total. The number of piperidine rings is 1. The first-order chi connectivity index (χ1) is 15.1. The number of pyridine rings is 2. The number of fused-ring (bicyclic) bond motifs is 1. The van der Waals surface area contributed by atoms with Gasteiger partial charge in [-0.15, -0.1) is 0 Å². The molecule has 1 saturated heterocycles. The molecule has 0 bridgehead atoms. The molecule has 158 valence electrons. The fourth-order valence-corrected chi connectivity index (χ4v) is 4.49. The summed E-state index contributed by atoms with van der Waals surface area (Å²) in [6, 6.07) is 10.3. The van der Waals surface area contributed by atoms with E-state index in [1.54, 1.807) is 0 Å². The van der Waals surface area contributed by atoms with E-state index in [0.717, 1.165) is 53.8 Å². The highest BCUT2D eigenvalue weighted by atomic mass is 35.5. The fourth-order valence-electron chi connectivity index (χ4n) is 4.21. The molecule has 0 atom stereocenters. The monoisotopic (exact) mass is 432 g/mol. The lowest BCUT2D eigenvalue weighted by atomic mass is 10.1. The van der Waals surface area contributed by atoms with E-state index in [4.69, 9.17) is 21.6 Å². The largest absolute Gasteiger partial charge is 0.357 e. The van der Waals surface area contributed by atoms with E-state index in [9.17, 15) is 0 Å². The Morgan fingerprint density at radius 1 is 0.903 bits per heavy atom. The summed E-state index contributed by atoms with van der Waals surface area (Å²) in [6.07, 6.45) is 10.8. The highest BCUT2D eigenvalue weighted by molar-refractivity contribution is 6.29. The van der Waals surface area contributed by atoms with Crippen molar-refractivity contribution in [2.24, 2.45) is 0 Å². The number of nitrogens with zero attached hydrogens (tertiary/aromatic N) is 6. The van der Waals surface area contributed by atoms with E-state index >= 15 is 0 Å². The van der Waals surface area contributed by atoms with Crippen molar-refractivity contribution < 1.29 is 0 Å². The molecule has 5 heterocycles. The van der Waals surface area contributed by atoms with E-state index in [-0.39, 0.29) is 0 Å².